The second-order valence-electron chi connectivity index (χ2n) is 4.22. The molecular formula is C12H12FN3O. The van der Waals surface area contributed by atoms with Crippen molar-refractivity contribution in [2.45, 2.75) is 25.2 Å². The highest BCUT2D eigenvalue weighted by molar-refractivity contribution is 5.30. The fraction of sp³-hybridized carbons (Fsp3) is 0.333. The molecule has 2 atom stereocenters. The van der Waals surface area contributed by atoms with Crippen molar-refractivity contribution in [2.24, 2.45) is 0 Å². The number of hydrogen-bond donors (Lipinski definition) is 0. The van der Waals surface area contributed by atoms with Crippen LogP contribution >= 0.6 is 0 Å². The number of benzene rings is 1. The smallest absolute Gasteiger partial charge is 0.142 e. The lowest BCUT2D eigenvalue weighted by atomic mass is 9.95. The Hall–Kier alpha value is -1.75. The van der Waals surface area contributed by atoms with Gasteiger partial charge in [0.05, 0.1) is 12.6 Å². The first-order chi connectivity index (χ1) is 8.22. The average molecular weight is 233 g/mol. The molecule has 4 nitrogen and oxygen atoms in total. The molecule has 0 amide bonds. The molecule has 1 saturated heterocycles. The fourth-order valence-electron chi connectivity index (χ4n) is 2.17. The molecule has 1 aliphatic heterocycles. The van der Waals surface area contributed by atoms with Crippen molar-refractivity contribution in [3.8, 4) is 0 Å². The quantitative estimate of drug-likeness (QED) is 0.758. The summed E-state index contributed by atoms with van der Waals surface area (Å²) in [5.41, 5.74) is -0.0121. The van der Waals surface area contributed by atoms with E-state index in [0.29, 0.717) is 12.1 Å². The van der Waals surface area contributed by atoms with Crippen molar-refractivity contribution in [1.82, 2.24) is 14.8 Å². The van der Waals surface area contributed by atoms with E-state index in [1.807, 2.05) is 13.0 Å². The van der Waals surface area contributed by atoms with Crippen LogP contribution in [0, 0.1) is 5.82 Å². The highest BCUT2D eigenvalue weighted by Crippen LogP contribution is 2.48. The van der Waals surface area contributed by atoms with Crippen molar-refractivity contribution >= 4 is 0 Å². The van der Waals surface area contributed by atoms with E-state index < -0.39 is 5.60 Å². The van der Waals surface area contributed by atoms with Gasteiger partial charge in [0, 0.05) is 5.56 Å². The number of hydrogen-bond acceptors (Lipinski definition) is 3. The topological polar surface area (TPSA) is 43.2 Å². The predicted octanol–water partition coefficient (Wildman–Crippen LogP) is 1.73. The molecule has 0 unspecified atom stereocenters. The molecule has 1 aliphatic rings. The average Bonchev–Trinajstić information content (AvgIpc) is 2.76. The van der Waals surface area contributed by atoms with E-state index >= 15 is 0 Å². The van der Waals surface area contributed by atoms with Crippen LogP contribution in [0.2, 0.25) is 0 Å². The van der Waals surface area contributed by atoms with Gasteiger partial charge in [-0.15, -0.1) is 0 Å². The van der Waals surface area contributed by atoms with Crippen molar-refractivity contribution in [3.05, 3.63) is 48.3 Å². The number of rotatable bonds is 3. The Kier molecular flexibility index (Phi) is 2.22. The standard InChI is InChI=1S/C12H12FN3O/c1-9-12(17-9,6-16-8-14-7-15-16)10-4-2-3-5-11(10)13/h2-5,7-9H,6H2,1H3/t9-,12+/m0/s1. The molecule has 2 aromatic rings. The molecule has 5 heteroatoms. The van der Waals surface area contributed by atoms with E-state index in [1.54, 1.807) is 23.1 Å². The van der Waals surface area contributed by atoms with Crippen LogP contribution < -0.4 is 0 Å². The van der Waals surface area contributed by atoms with E-state index in [0.717, 1.165) is 0 Å². The minimum absolute atomic E-state index is 0.0106. The van der Waals surface area contributed by atoms with Gasteiger partial charge in [0.2, 0.25) is 0 Å². The summed E-state index contributed by atoms with van der Waals surface area (Å²) in [7, 11) is 0. The van der Waals surface area contributed by atoms with Gasteiger partial charge in [0.15, 0.2) is 0 Å². The largest absolute Gasteiger partial charge is 0.359 e. The molecule has 2 heterocycles. The third kappa shape index (κ3) is 1.63. The lowest BCUT2D eigenvalue weighted by Gasteiger charge is -2.13. The first-order valence-corrected chi connectivity index (χ1v) is 5.47. The summed E-state index contributed by atoms with van der Waals surface area (Å²) in [4.78, 5) is 3.88. The molecule has 0 aliphatic carbocycles. The molecule has 17 heavy (non-hydrogen) atoms. The van der Waals surface area contributed by atoms with Gasteiger partial charge in [0.1, 0.15) is 24.1 Å². The van der Waals surface area contributed by atoms with Crippen LogP contribution in [0.1, 0.15) is 12.5 Å². The summed E-state index contributed by atoms with van der Waals surface area (Å²) in [5.74, 6) is -0.239. The zero-order valence-electron chi connectivity index (χ0n) is 9.38. The predicted molar refractivity (Wildman–Crippen MR) is 58.6 cm³/mol. The molecule has 0 saturated carbocycles. The monoisotopic (exact) mass is 233 g/mol. The second kappa shape index (κ2) is 3.63. The van der Waals surface area contributed by atoms with Crippen LogP contribution in [0.15, 0.2) is 36.9 Å². The molecule has 1 aromatic heterocycles. The summed E-state index contributed by atoms with van der Waals surface area (Å²) in [5, 5.41) is 4.03. The van der Waals surface area contributed by atoms with Crippen molar-refractivity contribution in [1.29, 1.82) is 0 Å². The van der Waals surface area contributed by atoms with Gasteiger partial charge in [-0.05, 0) is 13.0 Å². The molecular weight excluding hydrogens is 221 g/mol. The van der Waals surface area contributed by atoms with Gasteiger partial charge in [0.25, 0.3) is 0 Å². The van der Waals surface area contributed by atoms with E-state index in [-0.39, 0.29) is 11.9 Å². The van der Waals surface area contributed by atoms with Crippen LogP contribution in [0.25, 0.3) is 0 Å². The Morgan fingerprint density at radius 2 is 2.24 bits per heavy atom. The maximum absolute atomic E-state index is 13.8. The third-order valence-electron chi connectivity index (χ3n) is 3.18. The van der Waals surface area contributed by atoms with E-state index in [1.165, 1.54) is 12.4 Å². The Morgan fingerprint density at radius 3 is 2.82 bits per heavy atom. The minimum Gasteiger partial charge on any atom is -0.359 e. The van der Waals surface area contributed by atoms with Crippen LogP contribution in [0.3, 0.4) is 0 Å². The van der Waals surface area contributed by atoms with Crippen LogP contribution in [0.4, 0.5) is 4.39 Å². The zero-order valence-corrected chi connectivity index (χ0v) is 9.38. The fourth-order valence-corrected chi connectivity index (χ4v) is 2.17. The Morgan fingerprint density at radius 1 is 1.47 bits per heavy atom. The van der Waals surface area contributed by atoms with Crippen molar-refractivity contribution < 1.29 is 9.13 Å². The number of aromatic nitrogens is 3. The number of halogens is 1. The molecule has 1 fully saturated rings. The number of epoxide rings is 1. The van der Waals surface area contributed by atoms with Gasteiger partial charge in [-0.3, -0.25) is 0 Å². The van der Waals surface area contributed by atoms with Crippen LogP contribution in [0.5, 0.6) is 0 Å². The van der Waals surface area contributed by atoms with Gasteiger partial charge in [-0.25, -0.2) is 14.1 Å². The molecule has 0 radical (unpaired) electrons. The summed E-state index contributed by atoms with van der Waals surface area (Å²) in [6.07, 6.45) is 3.06. The van der Waals surface area contributed by atoms with Gasteiger partial charge in [-0.1, -0.05) is 18.2 Å². The SMILES string of the molecule is C[C@@H]1O[C@@]1(Cn1cncn1)c1ccccc1F. The van der Waals surface area contributed by atoms with Gasteiger partial charge < -0.3 is 4.74 Å². The molecule has 1 aromatic carbocycles. The highest BCUT2D eigenvalue weighted by Gasteiger charge is 2.56. The number of nitrogens with zero attached hydrogens (tertiary/aromatic N) is 3. The lowest BCUT2D eigenvalue weighted by Crippen LogP contribution is -2.21. The first kappa shape index (κ1) is 10.4. The Bertz CT molecular complexity index is 528. The molecule has 0 bridgehead atoms. The van der Waals surface area contributed by atoms with Gasteiger partial charge in [-0.2, -0.15) is 5.10 Å². The summed E-state index contributed by atoms with van der Waals surface area (Å²) in [6, 6.07) is 6.70. The minimum atomic E-state index is -0.598. The maximum atomic E-state index is 13.8. The second-order valence-corrected chi connectivity index (χ2v) is 4.22. The third-order valence-corrected chi connectivity index (χ3v) is 3.18. The highest BCUT2D eigenvalue weighted by atomic mass is 19.1. The summed E-state index contributed by atoms with van der Waals surface area (Å²) in [6.45, 7) is 2.42. The van der Waals surface area contributed by atoms with Crippen LogP contribution in [-0.2, 0) is 16.9 Å². The number of ether oxygens (including phenoxy) is 1. The van der Waals surface area contributed by atoms with E-state index in [2.05, 4.69) is 10.1 Å². The van der Waals surface area contributed by atoms with Gasteiger partial charge >= 0.3 is 0 Å². The molecule has 0 N–H and O–H groups in total. The molecule has 3 rings (SSSR count). The first-order valence-electron chi connectivity index (χ1n) is 5.47. The normalized spacial score (nSPS) is 27.1. The Balaban J connectivity index is 1.96. The van der Waals surface area contributed by atoms with E-state index in [4.69, 9.17) is 4.74 Å². The van der Waals surface area contributed by atoms with Crippen molar-refractivity contribution in [3.63, 3.8) is 0 Å². The lowest BCUT2D eigenvalue weighted by molar-refractivity contribution is 0.258. The Labute approximate surface area is 98.0 Å². The molecule has 88 valence electrons. The summed E-state index contributed by atoms with van der Waals surface area (Å²) < 4.78 is 21.1. The van der Waals surface area contributed by atoms with Crippen LogP contribution in [-0.4, -0.2) is 20.9 Å². The van der Waals surface area contributed by atoms with E-state index in [9.17, 15) is 4.39 Å². The zero-order chi connectivity index (χ0) is 11.9. The maximum Gasteiger partial charge on any atom is 0.142 e. The molecule has 0 spiro atoms. The summed E-state index contributed by atoms with van der Waals surface area (Å²) >= 11 is 0. The van der Waals surface area contributed by atoms with Crippen molar-refractivity contribution in [2.75, 3.05) is 0 Å².